The molecule has 1 aromatic carbocycles. The van der Waals surface area contributed by atoms with Gasteiger partial charge in [0.15, 0.2) is 0 Å². The van der Waals surface area contributed by atoms with Crippen molar-refractivity contribution >= 4 is 23.7 Å². The average molecular weight is 498 g/mol. The monoisotopic (exact) mass is 497 g/mol. The Hall–Kier alpha value is -3.69. The Morgan fingerprint density at radius 3 is 2.67 bits per heavy atom. The Morgan fingerprint density at radius 2 is 1.92 bits per heavy atom. The maximum Gasteiger partial charge on any atom is 0.408 e. The Balaban J connectivity index is 1.67. The molecule has 2 aromatic rings. The molecule has 194 valence electrons. The first kappa shape index (κ1) is 26.9. The highest BCUT2D eigenvalue weighted by Gasteiger charge is 2.31. The van der Waals surface area contributed by atoms with Crippen LogP contribution in [0.3, 0.4) is 0 Å². The minimum Gasteiger partial charge on any atom is -0.445 e. The van der Waals surface area contributed by atoms with E-state index in [1.807, 2.05) is 44.2 Å². The number of benzene rings is 1. The fourth-order valence-corrected chi connectivity index (χ4v) is 4.09. The van der Waals surface area contributed by atoms with Gasteiger partial charge in [-0.2, -0.15) is 5.10 Å². The number of H-pyrrole nitrogens is 1. The number of hydrogen-bond acceptors (Lipinski definition) is 6. The van der Waals surface area contributed by atoms with Crippen LogP contribution < -0.4 is 16.0 Å². The van der Waals surface area contributed by atoms with Crippen LogP contribution in [0.5, 0.6) is 0 Å². The first-order valence-electron chi connectivity index (χ1n) is 12.4. The number of rotatable bonds is 7. The third-order valence-corrected chi connectivity index (χ3v) is 6.03. The molecule has 0 spiro atoms. The molecule has 36 heavy (non-hydrogen) atoms. The van der Waals surface area contributed by atoms with Crippen molar-refractivity contribution < 1.29 is 23.9 Å². The van der Waals surface area contributed by atoms with Crippen molar-refractivity contribution in [3.05, 3.63) is 53.3 Å². The van der Waals surface area contributed by atoms with Gasteiger partial charge in [-0.25, -0.2) is 4.79 Å². The van der Waals surface area contributed by atoms with E-state index in [-0.39, 0.29) is 18.9 Å². The van der Waals surface area contributed by atoms with Crippen LogP contribution in [-0.4, -0.2) is 52.5 Å². The molecule has 0 bridgehead atoms. The van der Waals surface area contributed by atoms with E-state index in [1.165, 1.54) is 0 Å². The summed E-state index contributed by atoms with van der Waals surface area (Å²) < 4.78 is 5.27. The first-order valence-corrected chi connectivity index (χ1v) is 12.4. The maximum atomic E-state index is 13.2. The Labute approximate surface area is 210 Å². The van der Waals surface area contributed by atoms with E-state index in [0.717, 1.165) is 36.1 Å². The van der Waals surface area contributed by atoms with Gasteiger partial charge in [-0.15, -0.1) is 0 Å². The molecule has 2 heterocycles. The number of aromatic amines is 1. The number of aromatic nitrogens is 2. The van der Waals surface area contributed by atoms with E-state index in [0.29, 0.717) is 19.4 Å². The summed E-state index contributed by atoms with van der Waals surface area (Å²) in [4.78, 5) is 51.0. The number of hydrogen-bond donors (Lipinski definition) is 4. The Bertz CT molecular complexity index is 1040. The zero-order valence-corrected chi connectivity index (χ0v) is 20.8. The molecule has 3 amide bonds. The molecule has 0 saturated heterocycles. The lowest BCUT2D eigenvalue weighted by Crippen LogP contribution is -2.54. The van der Waals surface area contributed by atoms with Gasteiger partial charge in [-0.3, -0.25) is 19.5 Å². The van der Waals surface area contributed by atoms with Crippen molar-refractivity contribution in [1.29, 1.82) is 0 Å². The van der Waals surface area contributed by atoms with E-state index in [2.05, 4.69) is 26.1 Å². The van der Waals surface area contributed by atoms with Gasteiger partial charge in [-0.1, -0.05) is 44.2 Å². The number of fused-ring (bicyclic) bond motifs is 1. The number of ether oxygens (including phenoxy) is 1. The summed E-state index contributed by atoms with van der Waals surface area (Å²) >= 11 is 0. The minimum atomic E-state index is -1.03. The number of nitrogens with one attached hydrogen (secondary N) is 4. The Kier molecular flexibility index (Phi) is 10.0. The molecule has 0 radical (unpaired) electrons. The van der Waals surface area contributed by atoms with Gasteiger partial charge in [0, 0.05) is 12.2 Å². The number of ketones is 1. The molecule has 4 N–H and O–H groups in total. The summed E-state index contributed by atoms with van der Waals surface area (Å²) in [6.07, 6.45) is 4.40. The fourth-order valence-electron chi connectivity index (χ4n) is 4.09. The summed E-state index contributed by atoms with van der Waals surface area (Å²) in [5.74, 6) is -1.88. The summed E-state index contributed by atoms with van der Waals surface area (Å²) in [5.41, 5.74) is 2.78. The predicted molar refractivity (Wildman–Crippen MR) is 133 cm³/mol. The predicted octanol–water partition coefficient (Wildman–Crippen LogP) is 2.19. The molecule has 2 unspecified atom stereocenters. The SMILES string of the molecule is CC(C)CC(NC(=O)OCc1ccccc1)C(=O)NC1CCc2cn[nH]c2CCCCNC(=O)C1=O. The fraction of sp³-hybridized carbons (Fsp3) is 0.500. The van der Waals surface area contributed by atoms with Crippen LogP contribution in [0.4, 0.5) is 4.79 Å². The van der Waals surface area contributed by atoms with E-state index in [9.17, 15) is 19.2 Å². The van der Waals surface area contributed by atoms with Gasteiger partial charge >= 0.3 is 6.09 Å². The van der Waals surface area contributed by atoms with Crippen LogP contribution in [0, 0.1) is 5.92 Å². The average Bonchev–Trinajstić information content (AvgIpc) is 3.30. The molecule has 0 fully saturated rings. The highest BCUT2D eigenvalue weighted by molar-refractivity contribution is 6.38. The zero-order valence-electron chi connectivity index (χ0n) is 20.8. The highest BCUT2D eigenvalue weighted by atomic mass is 16.5. The van der Waals surface area contributed by atoms with Crippen LogP contribution in [0.25, 0.3) is 0 Å². The Morgan fingerprint density at radius 1 is 1.14 bits per heavy atom. The summed E-state index contributed by atoms with van der Waals surface area (Å²) in [5, 5.41) is 15.1. The van der Waals surface area contributed by atoms with Crippen molar-refractivity contribution in [3.63, 3.8) is 0 Å². The topological polar surface area (TPSA) is 142 Å². The van der Waals surface area contributed by atoms with Crippen LogP contribution in [0.15, 0.2) is 36.5 Å². The van der Waals surface area contributed by atoms with Crippen molar-refractivity contribution in [2.75, 3.05) is 6.54 Å². The standard InChI is InChI=1S/C26H35N5O5/c1-17(2)14-22(30-26(35)36-16-18-8-4-3-5-9-18)24(33)29-21-12-11-19-15-28-31-20(19)10-6-7-13-27-25(34)23(21)32/h3-5,8-9,15,17,21-22H,6-7,10-14,16H2,1-2H3,(H,27,34)(H,28,31)(H,29,33)(H,30,35). The molecule has 0 aliphatic carbocycles. The number of carbonyl (C=O) groups is 4. The first-order chi connectivity index (χ1) is 17.3. The molecular weight excluding hydrogens is 462 g/mol. The van der Waals surface area contributed by atoms with Crippen molar-refractivity contribution in [2.24, 2.45) is 5.92 Å². The summed E-state index contributed by atoms with van der Waals surface area (Å²) in [7, 11) is 0. The number of alkyl carbamates (subject to hydrolysis) is 1. The third-order valence-electron chi connectivity index (χ3n) is 6.03. The molecule has 1 aliphatic heterocycles. The molecule has 0 saturated carbocycles. The molecule has 10 nitrogen and oxygen atoms in total. The van der Waals surface area contributed by atoms with Crippen LogP contribution in [-0.2, 0) is 38.6 Å². The minimum absolute atomic E-state index is 0.0665. The maximum absolute atomic E-state index is 13.2. The number of nitrogens with zero attached hydrogens (tertiary/aromatic N) is 1. The molecule has 10 heteroatoms. The summed E-state index contributed by atoms with van der Waals surface area (Å²) in [6, 6.07) is 7.26. The van der Waals surface area contributed by atoms with Gasteiger partial charge in [0.1, 0.15) is 12.6 Å². The number of Topliss-reactive ketones (excluding diaryl/α,β-unsaturated/α-hetero) is 1. The lowest BCUT2D eigenvalue weighted by atomic mass is 9.98. The highest BCUT2D eigenvalue weighted by Crippen LogP contribution is 2.14. The van der Waals surface area contributed by atoms with Gasteiger partial charge in [0.25, 0.3) is 5.91 Å². The third kappa shape index (κ3) is 8.21. The summed E-state index contributed by atoms with van der Waals surface area (Å²) in [6.45, 7) is 4.29. The van der Waals surface area contributed by atoms with Crippen molar-refractivity contribution in [1.82, 2.24) is 26.1 Å². The molecule has 2 atom stereocenters. The van der Waals surface area contributed by atoms with Crippen LogP contribution in [0.2, 0.25) is 0 Å². The second kappa shape index (κ2) is 13.4. The van der Waals surface area contributed by atoms with Gasteiger partial charge in [0.05, 0.1) is 12.2 Å². The van der Waals surface area contributed by atoms with E-state index in [1.54, 1.807) is 6.20 Å². The zero-order chi connectivity index (χ0) is 25.9. The van der Waals surface area contributed by atoms with Gasteiger partial charge in [0.2, 0.25) is 11.7 Å². The second-order valence-electron chi connectivity index (χ2n) is 9.44. The smallest absolute Gasteiger partial charge is 0.408 e. The number of aryl methyl sites for hydroxylation is 2. The van der Waals surface area contributed by atoms with Gasteiger partial charge < -0.3 is 20.7 Å². The van der Waals surface area contributed by atoms with E-state index < -0.39 is 35.8 Å². The van der Waals surface area contributed by atoms with Crippen molar-refractivity contribution in [2.45, 2.75) is 71.1 Å². The molecular formula is C26H35N5O5. The second-order valence-corrected chi connectivity index (χ2v) is 9.44. The quantitative estimate of drug-likeness (QED) is 0.432. The normalized spacial score (nSPS) is 17.7. The largest absolute Gasteiger partial charge is 0.445 e. The van der Waals surface area contributed by atoms with Gasteiger partial charge in [-0.05, 0) is 55.6 Å². The van der Waals surface area contributed by atoms with E-state index in [4.69, 9.17) is 4.74 Å². The molecule has 1 aliphatic rings. The van der Waals surface area contributed by atoms with Crippen molar-refractivity contribution in [3.8, 4) is 0 Å². The number of carbonyl (C=O) groups excluding carboxylic acids is 4. The molecule has 1 aromatic heterocycles. The number of amides is 3. The van der Waals surface area contributed by atoms with Crippen LogP contribution >= 0.6 is 0 Å². The van der Waals surface area contributed by atoms with Crippen LogP contribution in [0.1, 0.15) is 56.4 Å². The lowest BCUT2D eigenvalue weighted by Gasteiger charge is -2.24. The lowest BCUT2D eigenvalue weighted by molar-refractivity contribution is -0.140. The molecule has 3 rings (SSSR count). The van der Waals surface area contributed by atoms with E-state index >= 15 is 0 Å².